The first-order valence-electron chi connectivity index (χ1n) is 11.1. The second-order valence-electron chi connectivity index (χ2n) is 8.45. The summed E-state index contributed by atoms with van der Waals surface area (Å²) in [5.41, 5.74) is 1.48. The minimum Gasteiger partial charge on any atom is -0.493 e. The predicted octanol–water partition coefficient (Wildman–Crippen LogP) is 4.13. The zero-order chi connectivity index (χ0) is 25.1. The Hall–Kier alpha value is -3.75. The van der Waals surface area contributed by atoms with Crippen molar-refractivity contribution in [3.8, 4) is 11.5 Å². The number of benzene rings is 2. The second kappa shape index (κ2) is 12.5. The minimum atomic E-state index is -0.663. The maximum Gasteiger partial charge on any atom is 0.408 e. The van der Waals surface area contributed by atoms with Gasteiger partial charge in [0.15, 0.2) is 11.5 Å². The van der Waals surface area contributed by atoms with Crippen LogP contribution in [0.5, 0.6) is 11.5 Å². The normalized spacial score (nSPS) is 10.7. The molecule has 0 aromatic heterocycles. The van der Waals surface area contributed by atoms with Crippen molar-refractivity contribution >= 4 is 29.3 Å². The number of hydrogen-bond donors (Lipinski definition) is 3. The molecule has 0 aliphatic rings. The number of methoxy groups -OCH3 is 1. The van der Waals surface area contributed by atoms with Gasteiger partial charge < -0.3 is 30.2 Å². The van der Waals surface area contributed by atoms with Gasteiger partial charge in [0.1, 0.15) is 12.1 Å². The average molecular weight is 472 g/mol. The lowest BCUT2D eigenvalue weighted by Gasteiger charge is -2.19. The van der Waals surface area contributed by atoms with E-state index in [0.717, 1.165) is 5.56 Å². The second-order valence-corrected chi connectivity index (χ2v) is 8.45. The van der Waals surface area contributed by atoms with Gasteiger partial charge in [-0.3, -0.25) is 9.59 Å². The van der Waals surface area contributed by atoms with Gasteiger partial charge in [0.05, 0.1) is 13.7 Å². The molecule has 2 aromatic rings. The highest BCUT2D eigenvalue weighted by Gasteiger charge is 2.16. The van der Waals surface area contributed by atoms with E-state index in [-0.39, 0.29) is 12.5 Å². The first-order chi connectivity index (χ1) is 16.1. The Labute approximate surface area is 200 Å². The molecule has 0 spiro atoms. The monoisotopic (exact) mass is 471 g/mol. The fourth-order valence-electron chi connectivity index (χ4n) is 2.93. The molecular formula is C25H33N3O6. The zero-order valence-corrected chi connectivity index (χ0v) is 20.3. The van der Waals surface area contributed by atoms with E-state index in [2.05, 4.69) is 16.0 Å². The minimum absolute atomic E-state index is 0.133. The number of amides is 3. The molecule has 2 rings (SSSR count). The molecule has 0 radical (unpaired) electrons. The molecule has 3 N–H and O–H groups in total. The maximum absolute atomic E-state index is 12.3. The van der Waals surface area contributed by atoms with Crippen molar-refractivity contribution in [1.82, 2.24) is 5.32 Å². The lowest BCUT2D eigenvalue weighted by molar-refractivity contribution is -0.116. The van der Waals surface area contributed by atoms with E-state index in [9.17, 15) is 14.4 Å². The van der Waals surface area contributed by atoms with Crippen LogP contribution in [0.1, 0.15) is 39.7 Å². The summed E-state index contributed by atoms with van der Waals surface area (Å²) in [6, 6.07) is 12.3. The maximum atomic E-state index is 12.3. The number of carbonyl (C=O) groups is 3. The van der Waals surface area contributed by atoms with Crippen molar-refractivity contribution in [2.24, 2.45) is 0 Å². The third kappa shape index (κ3) is 9.40. The van der Waals surface area contributed by atoms with E-state index in [0.29, 0.717) is 42.3 Å². The van der Waals surface area contributed by atoms with Gasteiger partial charge >= 0.3 is 6.09 Å². The molecule has 3 amide bonds. The number of rotatable bonds is 10. The Kier molecular flexibility index (Phi) is 9.73. The number of carbonyl (C=O) groups excluding carboxylic acids is 3. The summed E-state index contributed by atoms with van der Waals surface area (Å²) in [4.78, 5) is 35.9. The van der Waals surface area contributed by atoms with Crippen LogP contribution in [0.15, 0.2) is 42.5 Å². The molecule has 9 heteroatoms. The van der Waals surface area contributed by atoms with Crippen LogP contribution in [0.25, 0.3) is 0 Å². The molecule has 2 aromatic carbocycles. The smallest absolute Gasteiger partial charge is 0.408 e. The van der Waals surface area contributed by atoms with Gasteiger partial charge in [0.2, 0.25) is 11.8 Å². The van der Waals surface area contributed by atoms with Gasteiger partial charge in [0, 0.05) is 17.8 Å². The Morgan fingerprint density at radius 1 is 0.882 bits per heavy atom. The molecule has 0 bridgehead atoms. The molecule has 9 nitrogen and oxygen atoms in total. The molecule has 0 saturated carbocycles. The third-order valence-electron chi connectivity index (χ3n) is 4.41. The topological polar surface area (TPSA) is 115 Å². The van der Waals surface area contributed by atoms with Gasteiger partial charge in [-0.2, -0.15) is 0 Å². The van der Waals surface area contributed by atoms with E-state index in [1.54, 1.807) is 52.1 Å². The SMILES string of the molecule is CCOc1ccc(CCC(=O)Nc2ccc(NC(=O)CNC(=O)OC(C)(C)C)cc2)cc1OC. The highest BCUT2D eigenvalue weighted by Crippen LogP contribution is 2.28. The number of aryl methyl sites for hydroxylation is 1. The quantitative estimate of drug-likeness (QED) is 0.480. The molecule has 0 saturated heterocycles. The molecule has 0 fully saturated rings. The van der Waals surface area contributed by atoms with Crippen LogP contribution in [-0.4, -0.2) is 43.8 Å². The Bertz CT molecular complexity index is 983. The highest BCUT2D eigenvalue weighted by molar-refractivity contribution is 5.95. The van der Waals surface area contributed by atoms with Crippen LogP contribution in [0.2, 0.25) is 0 Å². The summed E-state index contributed by atoms with van der Waals surface area (Å²) in [5.74, 6) is 0.782. The van der Waals surface area contributed by atoms with Crippen LogP contribution in [0.3, 0.4) is 0 Å². The molecule has 0 aliphatic carbocycles. The van der Waals surface area contributed by atoms with Gasteiger partial charge in [-0.05, 0) is 76.1 Å². The van der Waals surface area contributed by atoms with Gasteiger partial charge in [-0.25, -0.2) is 4.79 Å². The van der Waals surface area contributed by atoms with Crippen molar-refractivity contribution in [2.75, 3.05) is 30.9 Å². The zero-order valence-electron chi connectivity index (χ0n) is 20.3. The van der Waals surface area contributed by atoms with Crippen molar-refractivity contribution in [3.05, 3.63) is 48.0 Å². The summed E-state index contributed by atoms with van der Waals surface area (Å²) in [6.45, 7) is 7.45. The number of anilines is 2. The summed E-state index contributed by atoms with van der Waals surface area (Å²) < 4.78 is 15.9. The fourth-order valence-corrected chi connectivity index (χ4v) is 2.93. The molecule has 34 heavy (non-hydrogen) atoms. The molecule has 0 aliphatic heterocycles. The van der Waals surface area contributed by atoms with Crippen LogP contribution >= 0.6 is 0 Å². The molecule has 0 unspecified atom stereocenters. The van der Waals surface area contributed by atoms with E-state index in [1.165, 1.54) is 0 Å². The van der Waals surface area contributed by atoms with Crippen molar-refractivity contribution in [3.63, 3.8) is 0 Å². The Morgan fingerprint density at radius 2 is 1.50 bits per heavy atom. The van der Waals surface area contributed by atoms with E-state index < -0.39 is 17.6 Å². The summed E-state index contributed by atoms with van der Waals surface area (Å²) in [7, 11) is 1.58. The Morgan fingerprint density at radius 3 is 2.06 bits per heavy atom. The number of hydrogen-bond acceptors (Lipinski definition) is 6. The summed E-state index contributed by atoms with van der Waals surface area (Å²) in [6.07, 6.45) is 0.184. The van der Waals surface area contributed by atoms with Crippen molar-refractivity contribution in [1.29, 1.82) is 0 Å². The largest absolute Gasteiger partial charge is 0.493 e. The lowest BCUT2D eigenvalue weighted by Crippen LogP contribution is -2.37. The third-order valence-corrected chi connectivity index (χ3v) is 4.41. The molecule has 0 atom stereocenters. The van der Waals surface area contributed by atoms with Gasteiger partial charge in [0.25, 0.3) is 0 Å². The van der Waals surface area contributed by atoms with E-state index >= 15 is 0 Å². The number of alkyl carbamates (subject to hydrolysis) is 1. The summed E-state index contributed by atoms with van der Waals surface area (Å²) in [5, 5.41) is 7.90. The first-order valence-corrected chi connectivity index (χ1v) is 11.1. The van der Waals surface area contributed by atoms with Crippen LogP contribution in [0, 0.1) is 0 Å². The van der Waals surface area contributed by atoms with Crippen molar-refractivity contribution in [2.45, 2.75) is 46.1 Å². The van der Waals surface area contributed by atoms with Crippen LogP contribution < -0.4 is 25.4 Å². The molecule has 184 valence electrons. The first kappa shape index (κ1) is 26.5. The number of nitrogens with one attached hydrogen (secondary N) is 3. The predicted molar refractivity (Wildman–Crippen MR) is 130 cm³/mol. The van der Waals surface area contributed by atoms with Gasteiger partial charge in [-0.1, -0.05) is 6.07 Å². The fraction of sp³-hybridized carbons (Fsp3) is 0.400. The standard InChI is InChI=1S/C25H33N3O6/c1-6-33-20-13-7-17(15-21(20)32-5)8-14-22(29)27-18-9-11-19(12-10-18)28-23(30)16-26-24(31)34-25(2,3)4/h7,9-13,15H,6,8,14,16H2,1-5H3,(H,26,31)(H,27,29)(H,28,30). The molecule has 0 heterocycles. The van der Waals surface area contributed by atoms with E-state index in [4.69, 9.17) is 14.2 Å². The lowest BCUT2D eigenvalue weighted by atomic mass is 10.1. The van der Waals surface area contributed by atoms with Crippen LogP contribution in [-0.2, 0) is 20.7 Å². The number of ether oxygens (including phenoxy) is 3. The highest BCUT2D eigenvalue weighted by atomic mass is 16.6. The van der Waals surface area contributed by atoms with E-state index in [1.807, 2.05) is 25.1 Å². The molecular weight excluding hydrogens is 438 g/mol. The van der Waals surface area contributed by atoms with Crippen molar-refractivity contribution < 1.29 is 28.6 Å². The van der Waals surface area contributed by atoms with Crippen LogP contribution in [0.4, 0.5) is 16.2 Å². The summed E-state index contributed by atoms with van der Waals surface area (Å²) >= 11 is 0. The Balaban J connectivity index is 1.79. The van der Waals surface area contributed by atoms with Gasteiger partial charge in [-0.15, -0.1) is 0 Å². The average Bonchev–Trinajstić information content (AvgIpc) is 2.77.